The van der Waals surface area contributed by atoms with E-state index in [0.29, 0.717) is 11.4 Å². The Kier molecular flexibility index (Phi) is 3.41. The zero-order chi connectivity index (χ0) is 15.7. The van der Waals surface area contributed by atoms with Gasteiger partial charge in [0.25, 0.3) is 0 Å². The minimum Gasteiger partial charge on any atom is -0.497 e. The van der Waals surface area contributed by atoms with Crippen molar-refractivity contribution < 1.29 is 17.3 Å². The lowest BCUT2D eigenvalue weighted by molar-refractivity contribution is 0.414. The fourth-order valence-corrected chi connectivity index (χ4v) is 2.81. The average molecular weight is 320 g/mol. The van der Waals surface area contributed by atoms with Gasteiger partial charge in [-0.3, -0.25) is 0 Å². The Morgan fingerprint density at radius 2 is 1.91 bits per heavy atom. The van der Waals surface area contributed by atoms with E-state index in [1.54, 1.807) is 19.1 Å². The normalized spacial score (nSPS) is 11.5. The molecule has 9 heteroatoms. The third-order valence-electron chi connectivity index (χ3n) is 2.90. The second-order valence-electron chi connectivity index (χ2n) is 4.46. The van der Waals surface area contributed by atoms with E-state index >= 15 is 0 Å². The number of benzene rings is 1. The summed E-state index contributed by atoms with van der Waals surface area (Å²) in [6.07, 6.45) is 1.37. The fraction of sp³-hybridized carbons (Fsp3) is 0.154. The zero-order valence-electron chi connectivity index (χ0n) is 11.8. The van der Waals surface area contributed by atoms with Gasteiger partial charge >= 0.3 is 10.1 Å². The molecule has 0 radical (unpaired) electrons. The van der Waals surface area contributed by atoms with Gasteiger partial charge in [-0.2, -0.15) is 18.0 Å². The molecule has 3 rings (SSSR count). The first-order valence-corrected chi connectivity index (χ1v) is 7.66. The zero-order valence-corrected chi connectivity index (χ0v) is 12.6. The van der Waals surface area contributed by atoms with Crippen LogP contribution in [0.4, 0.5) is 0 Å². The van der Waals surface area contributed by atoms with Crippen molar-refractivity contribution in [3.63, 3.8) is 0 Å². The van der Waals surface area contributed by atoms with Crippen molar-refractivity contribution in [2.45, 2.75) is 11.8 Å². The summed E-state index contributed by atoms with van der Waals surface area (Å²) in [5.41, 5.74) is 0.801. The lowest BCUT2D eigenvalue weighted by Gasteiger charge is -2.08. The van der Waals surface area contributed by atoms with Gasteiger partial charge in [0.2, 0.25) is 5.65 Å². The fourth-order valence-electron chi connectivity index (χ4n) is 1.89. The summed E-state index contributed by atoms with van der Waals surface area (Å²) in [6, 6.07) is 7.39. The maximum Gasteiger partial charge on any atom is 0.339 e. The summed E-state index contributed by atoms with van der Waals surface area (Å²) in [7, 11) is -2.49. The number of ether oxygens (including phenoxy) is 1. The quantitative estimate of drug-likeness (QED) is 0.667. The molecule has 0 N–H and O–H groups in total. The smallest absolute Gasteiger partial charge is 0.339 e. The van der Waals surface area contributed by atoms with Crippen LogP contribution in [0.1, 0.15) is 5.69 Å². The third kappa shape index (κ3) is 2.58. The number of rotatable bonds is 4. The van der Waals surface area contributed by atoms with Crippen LogP contribution in [0.5, 0.6) is 11.5 Å². The highest BCUT2D eigenvalue weighted by Gasteiger charge is 2.20. The van der Waals surface area contributed by atoms with E-state index in [4.69, 9.17) is 8.92 Å². The first-order valence-electron chi connectivity index (χ1n) is 6.26. The van der Waals surface area contributed by atoms with E-state index in [1.165, 1.54) is 36.2 Å². The third-order valence-corrected chi connectivity index (χ3v) is 4.15. The van der Waals surface area contributed by atoms with Gasteiger partial charge in [-0.1, -0.05) is 0 Å². The Balaban J connectivity index is 2.00. The minimum absolute atomic E-state index is 0.0143. The Bertz CT molecular complexity index is 919. The van der Waals surface area contributed by atoms with Crippen LogP contribution in [0.25, 0.3) is 5.65 Å². The Labute approximate surface area is 126 Å². The first-order chi connectivity index (χ1) is 10.5. The SMILES string of the molecule is COc1ccc(S(=O)(=O)Oc2cc(C)nn3cnnc23)cc1. The van der Waals surface area contributed by atoms with Gasteiger partial charge in [-0.25, -0.2) is 0 Å². The van der Waals surface area contributed by atoms with Crippen molar-refractivity contribution in [3.05, 3.63) is 42.4 Å². The van der Waals surface area contributed by atoms with Gasteiger partial charge in [0.1, 0.15) is 17.0 Å². The minimum atomic E-state index is -3.99. The summed E-state index contributed by atoms with van der Waals surface area (Å²) >= 11 is 0. The Morgan fingerprint density at radius 1 is 1.18 bits per heavy atom. The number of hydrogen-bond donors (Lipinski definition) is 0. The van der Waals surface area contributed by atoms with E-state index in [1.807, 2.05) is 0 Å². The van der Waals surface area contributed by atoms with Gasteiger partial charge in [-0.05, 0) is 31.2 Å². The van der Waals surface area contributed by atoms with Crippen molar-refractivity contribution in [3.8, 4) is 11.5 Å². The molecule has 0 aliphatic carbocycles. The maximum atomic E-state index is 12.3. The van der Waals surface area contributed by atoms with Crippen LogP contribution in [0, 0.1) is 6.92 Å². The summed E-state index contributed by atoms with van der Waals surface area (Å²) in [5, 5.41) is 11.6. The summed E-state index contributed by atoms with van der Waals surface area (Å²) in [6.45, 7) is 1.71. The highest BCUT2D eigenvalue weighted by atomic mass is 32.2. The Morgan fingerprint density at radius 3 is 2.59 bits per heavy atom. The number of nitrogens with zero attached hydrogens (tertiary/aromatic N) is 4. The van der Waals surface area contributed by atoms with Crippen LogP contribution in [0.15, 0.2) is 41.6 Å². The molecule has 0 saturated carbocycles. The van der Waals surface area contributed by atoms with E-state index in [9.17, 15) is 8.42 Å². The molecule has 0 saturated heterocycles. The molecule has 2 heterocycles. The molecule has 3 aromatic rings. The molecule has 0 fully saturated rings. The van der Waals surface area contributed by atoms with Crippen molar-refractivity contribution in [1.29, 1.82) is 0 Å². The average Bonchev–Trinajstić information content (AvgIpc) is 2.95. The van der Waals surface area contributed by atoms with Gasteiger partial charge in [0.05, 0.1) is 12.8 Å². The monoisotopic (exact) mass is 320 g/mol. The van der Waals surface area contributed by atoms with Gasteiger partial charge < -0.3 is 8.92 Å². The molecule has 114 valence electrons. The number of fused-ring (bicyclic) bond motifs is 1. The number of aryl methyl sites for hydroxylation is 1. The molecule has 0 atom stereocenters. The topological polar surface area (TPSA) is 95.7 Å². The highest BCUT2D eigenvalue weighted by Crippen LogP contribution is 2.24. The predicted molar refractivity (Wildman–Crippen MR) is 76.3 cm³/mol. The largest absolute Gasteiger partial charge is 0.497 e. The summed E-state index contributed by atoms with van der Waals surface area (Å²) in [5.74, 6) is 0.624. The van der Waals surface area contributed by atoms with E-state index < -0.39 is 10.1 Å². The first kappa shape index (κ1) is 14.3. The second kappa shape index (κ2) is 5.26. The van der Waals surface area contributed by atoms with Gasteiger partial charge in [0.15, 0.2) is 5.75 Å². The van der Waals surface area contributed by atoms with Crippen molar-refractivity contribution in [2.24, 2.45) is 0 Å². The van der Waals surface area contributed by atoms with E-state index in [0.717, 1.165) is 0 Å². The summed E-state index contributed by atoms with van der Waals surface area (Å²) in [4.78, 5) is 0.0143. The molecular formula is C13H12N4O4S. The molecule has 0 aliphatic rings. The van der Waals surface area contributed by atoms with Crippen LogP contribution < -0.4 is 8.92 Å². The Hall–Kier alpha value is -2.68. The van der Waals surface area contributed by atoms with E-state index in [-0.39, 0.29) is 16.3 Å². The van der Waals surface area contributed by atoms with Crippen molar-refractivity contribution in [1.82, 2.24) is 19.8 Å². The second-order valence-corrected chi connectivity index (χ2v) is 6.01. The molecule has 1 aromatic carbocycles. The van der Waals surface area contributed by atoms with Crippen LogP contribution in [-0.4, -0.2) is 35.3 Å². The molecule has 22 heavy (non-hydrogen) atoms. The molecule has 2 aromatic heterocycles. The molecule has 0 unspecified atom stereocenters. The van der Waals surface area contributed by atoms with Crippen LogP contribution in [0.2, 0.25) is 0 Å². The van der Waals surface area contributed by atoms with Crippen LogP contribution >= 0.6 is 0 Å². The molecule has 0 spiro atoms. The highest BCUT2D eigenvalue weighted by molar-refractivity contribution is 7.87. The van der Waals surface area contributed by atoms with E-state index in [2.05, 4.69) is 15.3 Å². The standard InChI is InChI=1S/C13H12N4O4S/c1-9-7-12(13-15-14-8-17(13)16-9)21-22(18,19)11-5-3-10(20-2)4-6-11/h3-8H,1-2H3. The van der Waals surface area contributed by atoms with Gasteiger partial charge in [-0.15, -0.1) is 10.2 Å². The maximum absolute atomic E-state index is 12.3. The van der Waals surface area contributed by atoms with Gasteiger partial charge in [0, 0.05) is 6.07 Å². The predicted octanol–water partition coefficient (Wildman–Crippen LogP) is 1.21. The van der Waals surface area contributed by atoms with Crippen molar-refractivity contribution in [2.75, 3.05) is 7.11 Å². The lowest BCUT2D eigenvalue weighted by Crippen LogP contribution is -2.11. The molecule has 0 aliphatic heterocycles. The molecular weight excluding hydrogens is 308 g/mol. The molecule has 0 amide bonds. The molecule has 0 bridgehead atoms. The van der Waals surface area contributed by atoms with Crippen molar-refractivity contribution >= 4 is 15.8 Å². The molecule has 8 nitrogen and oxygen atoms in total. The van der Waals surface area contributed by atoms with Crippen LogP contribution in [0.3, 0.4) is 0 Å². The summed E-state index contributed by atoms with van der Waals surface area (Å²) < 4.78 is 36.2. The van der Waals surface area contributed by atoms with Crippen LogP contribution in [-0.2, 0) is 10.1 Å². The number of methoxy groups -OCH3 is 1. The lowest BCUT2D eigenvalue weighted by atomic mass is 10.3. The number of hydrogen-bond acceptors (Lipinski definition) is 7. The number of aromatic nitrogens is 4.